The molecular formula is C16H25FN2S. The monoisotopic (exact) mass is 296 g/mol. The first-order valence-corrected chi connectivity index (χ1v) is 8.44. The predicted octanol–water partition coefficient (Wildman–Crippen LogP) is 3.66. The molecule has 112 valence electrons. The van der Waals surface area contributed by atoms with Crippen molar-refractivity contribution in [2.75, 3.05) is 24.5 Å². The molecule has 0 spiro atoms. The Morgan fingerprint density at radius 1 is 1.30 bits per heavy atom. The molecule has 0 radical (unpaired) electrons. The number of rotatable bonds is 5. The summed E-state index contributed by atoms with van der Waals surface area (Å²) in [7, 11) is 0. The summed E-state index contributed by atoms with van der Waals surface area (Å²) in [5, 5.41) is 4.63. The van der Waals surface area contributed by atoms with E-state index in [0.717, 1.165) is 38.2 Å². The number of halogens is 1. The van der Waals surface area contributed by atoms with Crippen LogP contribution in [0.1, 0.15) is 32.8 Å². The molecule has 1 aromatic rings. The second-order valence-corrected chi connectivity index (χ2v) is 7.49. The molecule has 2 nitrogen and oxygen atoms in total. The van der Waals surface area contributed by atoms with Gasteiger partial charge < -0.3 is 10.2 Å². The fraction of sp³-hybridized carbons (Fsp3) is 0.625. The lowest BCUT2D eigenvalue weighted by Gasteiger charge is -2.37. The van der Waals surface area contributed by atoms with Gasteiger partial charge in [0.1, 0.15) is 5.82 Å². The normalized spacial score (nSPS) is 23.1. The van der Waals surface area contributed by atoms with Crippen molar-refractivity contribution in [2.45, 2.75) is 44.2 Å². The predicted molar refractivity (Wildman–Crippen MR) is 87.1 cm³/mol. The number of benzene rings is 1. The van der Waals surface area contributed by atoms with E-state index in [1.165, 1.54) is 5.69 Å². The summed E-state index contributed by atoms with van der Waals surface area (Å²) in [6.07, 6.45) is 1.10. The van der Waals surface area contributed by atoms with Crippen LogP contribution in [0, 0.1) is 5.82 Å². The van der Waals surface area contributed by atoms with Crippen molar-refractivity contribution >= 4 is 17.4 Å². The van der Waals surface area contributed by atoms with Crippen molar-refractivity contribution in [3.63, 3.8) is 0 Å². The summed E-state index contributed by atoms with van der Waals surface area (Å²) in [5.74, 6) is -0.144. The van der Waals surface area contributed by atoms with Gasteiger partial charge in [0, 0.05) is 35.8 Å². The first-order valence-electron chi connectivity index (χ1n) is 7.49. The van der Waals surface area contributed by atoms with Gasteiger partial charge in [-0.1, -0.05) is 20.8 Å². The van der Waals surface area contributed by atoms with Gasteiger partial charge in [-0.05, 0) is 36.7 Å². The Kier molecular flexibility index (Phi) is 5.73. The van der Waals surface area contributed by atoms with Crippen molar-refractivity contribution in [2.24, 2.45) is 0 Å². The summed E-state index contributed by atoms with van der Waals surface area (Å²) in [4.78, 5) is 2.41. The number of nitrogens with zero attached hydrogens (tertiary/aromatic N) is 1. The van der Waals surface area contributed by atoms with Crippen molar-refractivity contribution in [3.05, 3.63) is 29.6 Å². The minimum absolute atomic E-state index is 0.144. The van der Waals surface area contributed by atoms with Gasteiger partial charge in [0.2, 0.25) is 0 Å². The van der Waals surface area contributed by atoms with Crippen molar-refractivity contribution in [3.8, 4) is 0 Å². The molecule has 1 aliphatic heterocycles. The minimum atomic E-state index is -0.144. The van der Waals surface area contributed by atoms with E-state index < -0.39 is 0 Å². The smallest absolute Gasteiger partial charge is 0.123 e. The number of anilines is 1. The number of hydrogen-bond donors (Lipinski definition) is 1. The maximum Gasteiger partial charge on any atom is 0.123 e. The minimum Gasteiger partial charge on any atom is -0.369 e. The van der Waals surface area contributed by atoms with E-state index in [4.69, 9.17) is 0 Å². The summed E-state index contributed by atoms with van der Waals surface area (Å²) in [6, 6.07) is 5.19. The zero-order valence-electron chi connectivity index (χ0n) is 12.7. The second kappa shape index (κ2) is 7.32. The van der Waals surface area contributed by atoms with E-state index in [0.29, 0.717) is 10.5 Å². The van der Waals surface area contributed by atoms with Crippen molar-refractivity contribution in [1.29, 1.82) is 0 Å². The van der Waals surface area contributed by atoms with Crippen LogP contribution < -0.4 is 10.2 Å². The Hall–Kier alpha value is -0.740. The van der Waals surface area contributed by atoms with Crippen LogP contribution in [-0.2, 0) is 6.54 Å². The number of nitrogens with one attached hydrogen (secondary N) is 1. The molecule has 1 saturated heterocycles. The van der Waals surface area contributed by atoms with Gasteiger partial charge in [-0.25, -0.2) is 4.39 Å². The van der Waals surface area contributed by atoms with E-state index in [2.05, 4.69) is 31.0 Å². The summed E-state index contributed by atoms with van der Waals surface area (Å²) in [5.41, 5.74) is 2.26. The van der Waals surface area contributed by atoms with Crippen LogP contribution in [0.4, 0.5) is 10.1 Å². The second-order valence-electron chi connectivity index (χ2n) is 5.61. The third kappa shape index (κ3) is 4.13. The first kappa shape index (κ1) is 15.6. The molecular weight excluding hydrogens is 271 g/mol. The van der Waals surface area contributed by atoms with Gasteiger partial charge >= 0.3 is 0 Å². The Balaban J connectivity index is 2.16. The van der Waals surface area contributed by atoms with Crippen molar-refractivity contribution in [1.82, 2.24) is 5.32 Å². The quantitative estimate of drug-likeness (QED) is 0.835. The molecule has 1 aromatic carbocycles. The summed E-state index contributed by atoms with van der Waals surface area (Å²) >= 11 is 2.04. The van der Waals surface area contributed by atoms with Crippen LogP contribution in [0.5, 0.6) is 0 Å². The van der Waals surface area contributed by atoms with Gasteiger partial charge in [0.05, 0.1) is 0 Å². The Morgan fingerprint density at radius 3 is 2.65 bits per heavy atom. The van der Waals surface area contributed by atoms with Crippen LogP contribution in [0.25, 0.3) is 0 Å². The highest BCUT2D eigenvalue weighted by molar-refractivity contribution is 8.00. The Labute approximate surface area is 126 Å². The molecule has 1 N–H and O–H groups in total. The average Bonchev–Trinajstić information content (AvgIpc) is 2.38. The maximum atomic E-state index is 13.5. The van der Waals surface area contributed by atoms with Gasteiger partial charge in [0.15, 0.2) is 0 Å². The molecule has 1 heterocycles. The zero-order valence-corrected chi connectivity index (χ0v) is 13.5. The van der Waals surface area contributed by atoms with E-state index in [1.54, 1.807) is 12.1 Å². The highest BCUT2D eigenvalue weighted by Crippen LogP contribution is 2.30. The fourth-order valence-corrected chi connectivity index (χ4v) is 4.10. The molecule has 2 unspecified atom stereocenters. The van der Waals surface area contributed by atoms with Gasteiger partial charge in [-0.3, -0.25) is 0 Å². The SMILES string of the molecule is CCCNCc1cc(F)ccc1N1CC(C)SC(C)C1. The highest BCUT2D eigenvalue weighted by atomic mass is 32.2. The first-order chi connectivity index (χ1) is 9.60. The Bertz CT molecular complexity index is 428. The third-order valence-corrected chi connectivity index (χ3v) is 4.77. The summed E-state index contributed by atoms with van der Waals surface area (Å²) in [6.45, 7) is 10.5. The summed E-state index contributed by atoms with van der Waals surface area (Å²) < 4.78 is 13.5. The molecule has 2 rings (SSSR count). The molecule has 0 amide bonds. The standard InChI is InChI=1S/C16H25FN2S/c1-4-7-18-9-14-8-15(17)5-6-16(14)19-10-12(2)20-13(3)11-19/h5-6,8,12-13,18H,4,7,9-11H2,1-3H3. The molecule has 0 aliphatic carbocycles. The van der Waals surface area contributed by atoms with E-state index in [1.807, 2.05) is 17.8 Å². The van der Waals surface area contributed by atoms with Crippen LogP contribution >= 0.6 is 11.8 Å². The van der Waals surface area contributed by atoms with E-state index in [-0.39, 0.29) is 5.82 Å². The molecule has 20 heavy (non-hydrogen) atoms. The van der Waals surface area contributed by atoms with Crippen LogP contribution in [0.15, 0.2) is 18.2 Å². The van der Waals surface area contributed by atoms with Crippen LogP contribution in [-0.4, -0.2) is 30.1 Å². The van der Waals surface area contributed by atoms with Gasteiger partial charge in [-0.15, -0.1) is 0 Å². The topological polar surface area (TPSA) is 15.3 Å². The lowest BCUT2D eigenvalue weighted by atomic mass is 10.1. The highest BCUT2D eigenvalue weighted by Gasteiger charge is 2.23. The number of hydrogen-bond acceptors (Lipinski definition) is 3. The maximum absolute atomic E-state index is 13.5. The van der Waals surface area contributed by atoms with E-state index in [9.17, 15) is 4.39 Å². The third-order valence-electron chi connectivity index (χ3n) is 3.54. The van der Waals surface area contributed by atoms with Crippen molar-refractivity contribution < 1.29 is 4.39 Å². The molecule has 0 saturated carbocycles. The fourth-order valence-electron chi connectivity index (χ4n) is 2.78. The average molecular weight is 296 g/mol. The largest absolute Gasteiger partial charge is 0.369 e. The van der Waals surface area contributed by atoms with Gasteiger partial charge in [0.25, 0.3) is 0 Å². The number of thioether (sulfide) groups is 1. The van der Waals surface area contributed by atoms with Gasteiger partial charge in [-0.2, -0.15) is 11.8 Å². The molecule has 2 atom stereocenters. The molecule has 1 aliphatic rings. The zero-order chi connectivity index (χ0) is 14.5. The molecule has 4 heteroatoms. The van der Waals surface area contributed by atoms with Crippen LogP contribution in [0.2, 0.25) is 0 Å². The lowest BCUT2D eigenvalue weighted by molar-refractivity contribution is 0.617. The molecule has 1 fully saturated rings. The molecule has 0 bridgehead atoms. The van der Waals surface area contributed by atoms with Crippen LogP contribution in [0.3, 0.4) is 0 Å². The van der Waals surface area contributed by atoms with E-state index >= 15 is 0 Å². The Morgan fingerprint density at radius 2 is 2.00 bits per heavy atom. The lowest BCUT2D eigenvalue weighted by Crippen LogP contribution is -2.41. The molecule has 0 aromatic heterocycles.